The molecule has 0 aliphatic carbocycles. The fourth-order valence-corrected chi connectivity index (χ4v) is 1.94. The van der Waals surface area contributed by atoms with E-state index in [-0.39, 0.29) is 5.84 Å². The zero-order valence-corrected chi connectivity index (χ0v) is 9.64. The van der Waals surface area contributed by atoms with E-state index in [0.29, 0.717) is 17.5 Å². The SMILES string of the molecule is CC1CN(c2cnc(C(=N)N)cn2)CC1C. The van der Waals surface area contributed by atoms with Crippen molar-refractivity contribution in [3.05, 3.63) is 18.1 Å². The molecule has 5 heteroatoms. The zero-order valence-electron chi connectivity index (χ0n) is 9.64. The predicted molar refractivity (Wildman–Crippen MR) is 63.6 cm³/mol. The van der Waals surface area contributed by atoms with E-state index in [9.17, 15) is 0 Å². The van der Waals surface area contributed by atoms with Crippen LogP contribution in [-0.2, 0) is 0 Å². The third-order valence-electron chi connectivity index (χ3n) is 3.23. The van der Waals surface area contributed by atoms with Gasteiger partial charge in [0.05, 0.1) is 12.4 Å². The van der Waals surface area contributed by atoms with Gasteiger partial charge in [-0.05, 0) is 11.8 Å². The van der Waals surface area contributed by atoms with Gasteiger partial charge in [0, 0.05) is 13.1 Å². The summed E-state index contributed by atoms with van der Waals surface area (Å²) in [5, 5.41) is 7.24. The van der Waals surface area contributed by atoms with Crippen LogP contribution >= 0.6 is 0 Å². The number of amidine groups is 1. The maximum atomic E-state index is 7.24. The minimum Gasteiger partial charge on any atom is -0.382 e. The Balaban J connectivity index is 2.14. The Hall–Kier alpha value is -1.65. The van der Waals surface area contributed by atoms with Crippen LogP contribution in [0.5, 0.6) is 0 Å². The summed E-state index contributed by atoms with van der Waals surface area (Å²) in [6, 6.07) is 0. The van der Waals surface area contributed by atoms with Crippen molar-refractivity contribution in [1.82, 2.24) is 9.97 Å². The Morgan fingerprint density at radius 1 is 1.31 bits per heavy atom. The molecule has 1 aliphatic rings. The molecule has 1 fully saturated rings. The molecular weight excluding hydrogens is 202 g/mol. The van der Waals surface area contributed by atoms with Gasteiger partial charge in [0.15, 0.2) is 0 Å². The molecule has 3 N–H and O–H groups in total. The average molecular weight is 219 g/mol. The lowest BCUT2D eigenvalue weighted by molar-refractivity contribution is 0.494. The summed E-state index contributed by atoms with van der Waals surface area (Å²) in [7, 11) is 0. The number of nitrogens with zero attached hydrogens (tertiary/aromatic N) is 3. The number of hydrogen-bond acceptors (Lipinski definition) is 4. The molecule has 86 valence electrons. The topological polar surface area (TPSA) is 78.9 Å². The van der Waals surface area contributed by atoms with Gasteiger partial charge < -0.3 is 10.6 Å². The van der Waals surface area contributed by atoms with Gasteiger partial charge in [0.2, 0.25) is 0 Å². The van der Waals surface area contributed by atoms with Crippen molar-refractivity contribution < 1.29 is 0 Å². The monoisotopic (exact) mass is 219 g/mol. The quantitative estimate of drug-likeness (QED) is 0.571. The van der Waals surface area contributed by atoms with Crippen molar-refractivity contribution >= 4 is 11.7 Å². The molecule has 1 aromatic heterocycles. The second-order valence-corrected chi connectivity index (χ2v) is 4.53. The lowest BCUT2D eigenvalue weighted by Crippen LogP contribution is -2.22. The molecule has 0 amide bonds. The number of nitrogens with two attached hydrogens (primary N) is 1. The van der Waals surface area contributed by atoms with Crippen LogP contribution in [0.2, 0.25) is 0 Å². The van der Waals surface area contributed by atoms with Crippen molar-refractivity contribution in [3.8, 4) is 0 Å². The van der Waals surface area contributed by atoms with Gasteiger partial charge in [-0.1, -0.05) is 13.8 Å². The number of nitrogens with one attached hydrogen (secondary N) is 1. The van der Waals surface area contributed by atoms with Crippen LogP contribution in [0.3, 0.4) is 0 Å². The summed E-state index contributed by atoms with van der Waals surface area (Å²) in [5.41, 5.74) is 5.76. The first-order valence-electron chi connectivity index (χ1n) is 5.49. The second kappa shape index (κ2) is 4.08. The van der Waals surface area contributed by atoms with E-state index in [2.05, 4.69) is 28.7 Å². The number of rotatable bonds is 2. The highest BCUT2D eigenvalue weighted by Crippen LogP contribution is 2.25. The first-order chi connectivity index (χ1) is 7.58. The molecule has 2 atom stereocenters. The molecule has 0 aromatic carbocycles. The standard InChI is InChI=1S/C11H17N5/c1-7-5-16(6-8(7)2)10-4-14-9(3-15-10)11(12)13/h3-4,7-8H,5-6H2,1-2H3,(H3,12,13). The maximum Gasteiger partial charge on any atom is 0.147 e. The Morgan fingerprint density at radius 2 is 1.94 bits per heavy atom. The first kappa shape index (κ1) is 10.9. The summed E-state index contributed by atoms with van der Waals surface area (Å²) in [6.07, 6.45) is 3.26. The van der Waals surface area contributed by atoms with E-state index in [1.807, 2.05) is 0 Å². The van der Waals surface area contributed by atoms with Gasteiger partial charge in [0.25, 0.3) is 0 Å². The smallest absolute Gasteiger partial charge is 0.147 e. The maximum absolute atomic E-state index is 7.24. The summed E-state index contributed by atoms with van der Waals surface area (Å²) in [4.78, 5) is 10.6. The fraction of sp³-hybridized carbons (Fsp3) is 0.545. The van der Waals surface area contributed by atoms with E-state index in [1.54, 1.807) is 12.4 Å². The number of anilines is 1. The number of aromatic nitrogens is 2. The van der Waals surface area contributed by atoms with Crippen LogP contribution in [0.1, 0.15) is 19.5 Å². The van der Waals surface area contributed by atoms with Gasteiger partial charge in [-0.3, -0.25) is 5.41 Å². The highest BCUT2D eigenvalue weighted by Gasteiger charge is 2.26. The van der Waals surface area contributed by atoms with Crippen molar-refractivity contribution in [2.75, 3.05) is 18.0 Å². The van der Waals surface area contributed by atoms with Crippen molar-refractivity contribution in [1.29, 1.82) is 5.41 Å². The molecule has 1 aliphatic heterocycles. The Morgan fingerprint density at radius 3 is 2.38 bits per heavy atom. The molecular formula is C11H17N5. The van der Waals surface area contributed by atoms with Crippen LogP contribution in [0, 0.1) is 17.2 Å². The third-order valence-corrected chi connectivity index (χ3v) is 3.23. The van der Waals surface area contributed by atoms with Crippen molar-refractivity contribution in [2.24, 2.45) is 17.6 Å². The highest BCUT2D eigenvalue weighted by atomic mass is 15.2. The normalized spacial score (nSPS) is 24.8. The summed E-state index contributed by atoms with van der Waals surface area (Å²) in [6.45, 7) is 6.55. The van der Waals surface area contributed by atoms with Crippen LogP contribution in [0.4, 0.5) is 5.82 Å². The minimum absolute atomic E-state index is 0.0396. The summed E-state index contributed by atoms with van der Waals surface area (Å²) >= 11 is 0. The van der Waals surface area contributed by atoms with Gasteiger partial charge in [-0.25, -0.2) is 9.97 Å². The van der Waals surface area contributed by atoms with Crippen LogP contribution in [-0.4, -0.2) is 28.9 Å². The van der Waals surface area contributed by atoms with E-state index >= 15 is 0 Å². The van der Waals surface area contributed by atoms with Gasteiger partial charge >= 0.3 is 0 Å². The molecule has 0 bridgehead atoms. The van der Waals surface area contributed by atoms with Crippen LogP contribution in [0.15, 0.2) is 12.4 Å². The molecule has 0 spiro atoms. The Bertz CT molecular complexity index is 376. The van der Waals surface area contributed by atoms with Crippen LogP contribution < -0.4 is 10.6 Å². The molecule has 1 aromatic rings. The molecule has 0 saturated carbocycles. The molecule has 16 heavy (non-hydrogen) atoms. The highest BCUT2D eigenvalue weighted by molar-refractivity contribution is 5.92. The van der Waals surface area contributed by atoms with E-state index in [0.717, 1.165) is 18.9 Å². The summed E-state index contributed by atoms with van der Waals surface area (Å²) in [5.74, 6) is 2.21. The molecule has 2 unspecified atom stereocenters. The molecule has 5 nitrogen and oxygen atoms in total. The third kappa shape index (κ3) is 1.98. The number of hydrogen-bond donors (Lipinski definition) is 2. The van der Waals surface area contributed by atoms with E-state index < -0.39 is 0 Å². The molecule has 1 saturated heterocycles. The van der Waals surface area contributed by atoms with E-state index in [1.165, 1.54) is 0 Å². The second-order valence-electron chi connectivity index (χ2n) is 4.53. The van der Waals surface area contributed by atoms with Gasteiger partial charge in [-0.2, -0.15) is 0 Å². The Kier molecular flexibility index (Phi) is 2.77. The fourth-order valence-electron chi connectivity index (χ4n) is 1.94. The lowest BCUT2D eigenvalue weighted by atomic mass is 10.0. The zero-order chi connectivity index (χ0) is 11.7. The first-order valence-corrected chi connectivity index (χ1v) is 5.49. The molecule has 0 radical (unpaired) electrons. The van der Waals surface area contributed by atoms with Crippen molar-refractivity contribution in [2.45, 2.75) is 13.8 Å². The average Bonchev–Trinajstić information content (AvgIpc) is 2.59. The predicted octanol–water partition coefficient (Wildman–Crippen LogP) is 0.853. The van der Waals surface area contributed by atoms with Crippen LogP contribution in [0.25, 0.3) is 0 Å². The van der Waals surface area contributed by atoms with E-state index in [4.69, 9.17) is 11.1 Å². The minimum atomic E-state index is -0.0396. The van der Waals surface area contributed by atoms with Crippen molar-refractivity contribution in [3.63, 3.8) is 0 Å². The Labute approximate surface area is 95.2 Å². The lowest BCUT2D eigenvalue weighted by Gasteiger charge is -2.16. The van der Waals surface area contributed by atoms with Gasteiger partial charge in [0.1, 0.15) is 17.3 Å². The molecule has 2 rings (SSSR count). The van der Waals surface area contributed by atoms with Gasteiger partial charge in [-0.15, -0.1) is 0 Å². The largest absolute Gasteiger partial charge is 0.382 e. The summed E-state index contributed by atoms with van der Waals surface area (Å²) < 4.78 is 0. The molecule has 2 heterocycles. The number of nitrogen functional groups attached to an aromatic ring is 1.